The van der Waals surface area contributed by atoms with Gasteiger partial charge in [0.05, 0.1) is 0 Å². The van der Waals surface area contributed by atoms with E-state index in [0.29, 0.717) is 12.1 Å². The first-order valence-electron chi connectivity index (χ1n) is 5.22. The highest BCUT2D eigenvalue weighted by Crippen LogP contribution is 2.29. The third-order valence-electron chi connectivity index (χ3n) is 3.08. The SMILES string of the molecule is CC1CCC(C)N1c1ccc(F)cc1. The molecule has 0 amide bonds. The van der Waals surface area contributed by atoms with Gasteiger partial charge >= 0.3 is 0 Å². The second kappa shape index (κ2) is 3.60. The van der Waals surface area contributed by atoms with Crippen molar-refractivity contribution in [2.24, 2.45) is 0 Å². The lowest BCUT2D eigenvalue weighted by Crippen LogP contribution is -2.32. The zero-order chi connectivity index (χ0) is 10.1. The molecule has 1 aliphatic heterocycles. The van der Waals surface area contributed by atoms with Crippen LogP contribution in [0.5, 0.6) is 0 Å². The third kappa shape index (κ3) is 1.61. The van der Waals surface area contributed by atoms with E-state index in [9.17, 15) is 4.39 Å². The van der Waals surface area contributed by atoms with Crippen LogP contribution in [-0.2, 0) is 0 Å². The number of hydrogen-bond donors (Lipinski definition) is 0. The smallest absolute Gasteiger partial charge is 0.123 e. The predicted octanol–water partition coefficient (Wildman–Crippen LogP) is 3.20. The van der Waals surface area contributed by atoms with Crippen LogP contribution in [0.25, 0.3) is 0 Å². The summed E-state index contributed by atoms with van der Waals surface area (Å²) >= 11 is 0. The number of rotatable bonds is 1. The topological polar surface area (TPSA) is 3.24 Å². The Morgan fingerprint density at radius 1 is 1.07 bits per heavy atom. The maximum Gasteiger partial charge on any atom is 0.123 e. The highest BCUT2D eigenvalue weighted by atomic mass is 19.1. The van der Waals surface area contributed by atoms with E-state index in [-0.39, 0.29) is 5.82 Å². The Hall–Kier alpha value is -1.05. The highest BCUT2D eigenvalue weighted by Gasteiger charge is 2.26. The van der Waals surface area contributed by atoms with E-state index < -0.39 is 0 Å². The Morgan fingerprint density at radius 3 is 2.07 bits per heavy atom. The summed E-state index contributed by atoms with van der Waals surface area (Å²) in [7, 11) is 0. The summed E-state index contributed by atoms with van der Waals surface area (Å²) in [5, 5.41) is 0. The molecule has 1 heterocycles. The largest absolute Gasteiger partial charge is 0.366 e. The van der Waals surface area contributed by atoms with Gasteiger partial charge in [0.25, 0.3) is 0 Å². The molecule has 2 unspecified atom stereocenters. The summed E-state index contributed by atoms with van der Waals surface area (Å²) in [6.07, 6.45) is 2.47. The van der Waals surface area contributed by atoms with Crippen molar-refractivity contribution >= 4 is 5.69 Å². The van der Waals surface area contributed by atoms with Crippen molar-refractivity contribution in [1.29, 1.82) is 0 Å². The van der Waals surface area contributed by atoms with E-state index in [0.717, 1.165) is 5.69 Å². The normalized spacial score (nSPS) is 26.9. The molecule has 1 aromatic carbocycles. The number of anilines is 1. The predicted molar refractivity (Wildman–Crippen MR) is 57.0 cm³/mol. The number of benzene rings is 1. The minimum Gasteiger partial charge on any atom is -0.366 e. The molecular weight excluding hydrogens is 177 g/mol. The van der Waals surface area contributed by atoms with Gasteiger partial charge in [-0.25, -0.2) is 4.39 Å². The zero-order valence-electron chi connectivity index (χ0n) is 8.70. The number of halogens is 1. The van der Waals surface area contributed by atoms with Crippen LogP contribution < -0.4 is 4.90 Å². The van der Waals surface area contributed by atoms with Gasteiger partial charge in [-0.15, -0.1) is 0 Å². The quantitative estimate of drug-likeness (QED) is 0.662. The first kappa shape index (κ1) is 9.50. The first-order valence-corrected chi connectivity index (χ1v) is 5.22. The molecule has 0 radical (unpaired) electrons. The number of hydrogen-bond acceptors (Lipinski definition) is 1. The van der Waals surface area contributed by atoms with E-state index in [4.69, 9.17) is 0 Å². The molecule has 1 saturated heterocycles. The summed E-state index contributed by atoms with van der Waals surface area (Å²) < 4.78 is 12.7. The monoisotopic (exact) mass is 193 g/mol. The van der Waals surface area contributed by atoms with Gasteiger partial charge in [0.15, 0.2) is 0 Å². The number of nitrogens with zero attached hydrogens (tertiary/aromatic N) is 1. The molecule has 0 N–H and O–H groups in total. The summed E-state index contributed by atoms with van der Waals surface area (Å²) in [6.45, 7) is 4.46. The summed E-state index contributed by atoms with van der Waals surface area (Å²) in [4.78, 5) is 2.37. The maximum absolute atomic E-state index is 12.7. The lowest BCUT2D eigenvalue weighted by molar-refractivity contribution is 0.626. The molecule has 1 aliphatic rings. The fraction of sp³-hybridized carbons (Fsp3) is 0.500. The van der Waals surface area contributed by atoms with E-state index >= 15 is 0 Å². The third-order valence-corrected chi connectivity index (χ3v) is 3.08. The van der Waals surface area contributed by atoms with Crippen LogP contribution in [0.1, 0.15) is 26.7 Å². The Morgan fingerprint density at radius 2 is 1.57 bits per heavy atom. The Labute approximate surface area is 84.5 Å². The second-order valence-corrected chi connectivity index (χ2v) is 4.16. The van der Waals surface area contributed by atoms with Gasteiger partial charge in [-0.05, 0) is 51.0 Å². The molecule has 76 valence electrons. The fourth-order valence-corrected chi connectivity index (χ4v) is 2.32. The standard InChI is InChI=1S/C12H16FN/c1-9-3-4-10(2)14(9)12-7-5-11(13)6-8-12/h5-10H,3-4H2,1-2H3. The molecule has 0 spiro atoms. The van der Waals surface area contributed by atoms with Gasteiger partial charge in [-0.2, -0.15) is 0 Å². The Balaban J connectivity index is 2.25. The molecule has 1 aromatic rings. The lowest BCUT2D eigenvalue weighted by Gasteiger charge is -2.28. The molecule has 2 atom stereocenters. The van der Waals surface area contributed by atoms with Crippen LogP contribution in [0.2, 0.25) is 0 Å². The fourth-order valence-electron chi connectivity index (χ4n) is 2.32. The van der Waals surface area contributed by atoms with E-state index in [1.54, 1.807) is 0 Å². The molecule has 0 saturated carbocycles. The van der Waals surface area contributed by atoms with E-state index in [1.165, 1.54) is 25.0 Å². The van der Waals surface area contributed by atoms with Crippen LogP contribution in [0.3, 0.4) is 0 Å². The van der Waals surface area contributed by atoms with Gasteiger partial charge in [-0.3, -0.25) is 0 Å². The molecule has 14 heavy (non-hydrogen) atoms. The molecule has 0 aromatic heterocycles. The minimum atomic E-state index is -0.159. The highest BCUT2D eigenvalue weighted by molar-refractivity contribution is 5.49. The van der Waals surface area contributed by atoms with Crippen molar-refractivity contribution in [3.8, 4) is 0 Å². The Kier molecular flexibility index (Phi) is 2.44. The summed E-state index contributed by atoms with van der Waals surface area (Å²) in [6, 6.07) is 7.97. The summed E-state index contributed by atoms with van der Waals surface area (Å²) in [5.74, 6) is -0.159. The van der Waals surface area contributed by atoms with Crippen molar-refractivity contribution < 1.29 is 4.39 Å². The maximum atomic E-state index is 12.7. The van der Waals surface area contributed by atoms with Crippen LogP contribution >= 0.6 is 0 Å². The van der Waals surface area contributed by atoms with E-state index in [2.05, 4.69) is 18.7 Å². The van der Waals surface area contributed by atoms with Crippen LogP contribution in [0, 0.1) is 5.82 Å². The average molecular weight is 193 g/mol. The van der Waals surface area contributed by atoms with E-state index in [1.807, 2.05) is 12.1 Å². The van der Waals surface area contributed by atoms with Crippen molar-refractivity contribution in [2.75, 3.05) is 4.90 Å². The Bertz CT molecular complexity index is 297. The van der Waals surface area contributed by atoms with Gasteiger partial charge in [0, 0.05) is 17.8 Å². The molecule has 1 fully saturated rings. The molecular formula is C12H16FN. The molecule has 2 heteroatoms. The van der Waals surface area contributed by atoms with Gasteiger partial charge in [0.2, 0.25) is 0 Å². The average Bonchev–Trinajstić information content (AvgIpc) is 2.49. The molecule has 1 nitrogen and oxygen atoms in total. The van der Waals surface area contributed by atoms with Crippen molar-refractivity contribution in [3.05, 3.63) is 30.1 Å². The van der Waals surface area contributed by atoms with Crippen molar-refractivity contribution in [3.63, 3.8) is 0 Å². The van der Waals surface area contributed by atoms with Crippen LogP contribution in [0.4, 0.5) is 10.1 Å². The lowest BCUT2D eigenvalue weighted by atomic mass is 10.2. The summed E-state index contributed by atoms with van der Waals surface area (Å²) in [5.41, 5.74) is 1.14. The molecule has 2 rings (SSSR count). The van der Waals surface area contributed by atoms with Crippen LogP contribution in [0.15, 0.2) is 24.3 Å². The van der Waals surface area contributed by atoms with Crippen molar-refractivity contribution in [1.82, 2.24) is 0 Å². The van der Waals surface area contributed by atoms with Gasteiger partial charge in [-0.1, -0.05) is 0 Å². The van der Waals surface area contributed by atoms with Crippen molar-refractivity contribution in [2.45, 2.75) is 38.8 Å². The van der Waals surface area contributed by atoms with Gasteiger partial charge < -0.3 is 4.90 Å². The van der Waals surface area contributed by atoms with Gasteiger partial charge in [0.1, 0.15) is 5.82 Å². The van der Waals surface area contributed by atoms with Crippen LogP contribution in [-0.4, -0.2) is 12.1 Å². The zero-order valence-corrected chi connectivity index (χ0v) is 8.70. The minimum absolute atomic E-state index is 0.159. The first-order chi connectivity index (χ1) is 6.68. The molecule has 0 bridgehead atoms. The second-order valence-electron chi connectivity index (χ2n) is 4.16. The molecule has 0 aliphatic carbocycles.